The van der Waals surface area contributed by atoms with Gasteiger partial charge in [0.25, 0.3) is 5.56 Å². The number of hydrogen-bond acceptors (Lipinski definition) is 5. The number of aromatic amines is 3. The highest BCUT2D eigenvalue weighted by Crippen LogP contribution is 2.16. The van der Waals surface area contributed by atoms with Gasteiger partial charge < -0.3 is 15.4 Å². The summed E-state index contributed by atoms with van der Waals surface area (Å²) in [7, 11) is 0. The lowest BCUT2D eigenvalue weighted by atomic mass is 10.2. The van der Waals surface area contributed by atoms with Crippen LogP contribution in [0.4, 0.5) is 11.9 Å². The Morgan fingerprint density at radius 1 is 1.33 bits per heavy atom. The Morgan fingerprint density at radius 3 is 3.00 bits per heavy atom. The molecule has 0 amide bonds. The average Bonchev–Trinajstić information content (AvgIpc) is 2.96. The van der Waals surface area contributed by atoms with Gasteiger partial charge in [-0.05, 0) is 6.07 Å². The van der Waals surface area contributed by atoms with Crippen LogP contribution in [-0.2, 0) is 4.74 Å². The highest BCUT2D eigenvalue weighted by molar-refractivity contribution is 5.91. The molecule has 0 radical (unpaired) electrons. The number of nitrogen functional groups attached to an aromatic ring is 1. The molecule has 3 heterocycles. The van der Waals surface area contributed by atoms with Crippen LogP contribution in [0.2, 0.25) is 0 Å². The fraction of sp³-hybridized carbons (Fsp3) is 0.400. The summed E-state index contributed by atoms with van der Waals surface area (Å²) in [5.74, 6) is 0.937. The second-order valence-corrected chi connectivity index (χ2v) is 6.03. The van der Waals surface area contributed by atoms with E-state index in [1.807, 2.05) is 6.07 Å². The maximum Gasteiger partial charge on any atom is 0.353 e. The number of H-pyrrole nitrogens is 3. The molecule has 0 atom stereocenters. The van der Waals surface area contributed by atoms with Crippen LogP contribution in [0.3, 0.4) is 0 Å². The molecule has 0 aliphatic carbocycles. The van der Waals surface area contributed by atoms with Crippen molar-refractivity contribution < 1.29 is 14.6 Å². The fourth-order valence-electron chi connectivity index (χ4n) is 3.07. The minimum absolute atomic E-state index is 0.120. The number of nitrogens with one attached hydrogen (secondary N) is 5. The maximum absolute atomic E-state index is 12.0. The van der Waals surface area contributed by atoms with E-state index in [9.17, 15) is 4.79 Å². The molecule has 2 aromatic heterocycles. The summed E-state index contributed by atoms with van der Waals surface area (Å²) >= 11 is 0. The van der Waals surface area contributed by atoms with Crippen molar-refractivity contribution in [1.82, 2.24) is 15.0 Å². The van der Waals surface area contributed by atoms with Crippen LogP contribution < -0.4 is 26.5 Å². The second kappa shape index (κ2) is 6.10. The van der Waals surface area contributed by atoms with Crippen molar-refractivity contribution in [3.63, 3.8) is 0 Å². The smallest absolute Gasteiger partial charge is 0.353 e. The van der Waals surface area contributed by atoms with E-state index in [-0.39, 0.29) is 11.5 Å². The van der Waals surface area contributed by atoms with Crippen molar-refractivity contribution in [2.75, 3.05) is 50.4 Å². The van der Waals surface area contributed by atoms with Crippen LogP contribution in [0.15, 0.2) is 16.9 Å². The molecular weight excluding hydrogens is 310 g/mol. The van der Waals surface area contributed by atoms with Crippen molar-refractivity contribution in [2.24, 2.45) is 0 Å². The first kappa shape index (κ1) is 14.9. The predicted octanol–water partition coefficient (Wildman–Crippen LogP) is -1.87. The van der Waals surface area contributed by atoms with E-state index in [0.717, 1.165) is 56.4 Å². The molecule has 0 bridgehead atoms. The first-order valence-electron chi connectivity index (χ1n) is 8.09. The summed E-state index contributed by atoms with van der Waals surface area (Å²) in [6.07, 6.45) is 0. The number of nitrogens with two attached hydrogens (primary N) is 1. The Hall–Kier alpha value is -2.65. The van der Waals surface area contributed by atoms with Gasteiger partial charge in [-0.2, -0.15) is 0 Å². The molecule has 1 aliphatic rings. The van der Waals surface area contributed by atoms with Crippen LogP contribution in [0.5, 0.6) is 0 Å². The van der Waals surface area contributed by atoms with Gasteiger partial charge >= 0.3 is 5.95 Å². The van der Waals surface area contributed by atoms with E-state index in [1.54, 1.807) is 11.0 Å². The molecule has 0 saturated carbocycles. The SMILES string of the molecule is Nc1nc2cc3[nH+]c(NCC[NH+]4CCOCC4)[nH]c3cc2c(=O)[nH]1. The Balaban J connectivity index is 1.53. The number of hydrogen-bond donors (Lipinski definition) is 5. The summed E-state index contributed by atoms with van der Waals surface area (Å²) in [5, 5.41) is 3.87. The van der Waals surface area contributed by atoms with E-state index >= 15 is 0 Å². The van der Waals surface area contributed by atoms with E-state index in [4.69, 9.17) is 10.5 Å². The second-order valence-electron chi connectivity index (χ2n) is 6.03. The van der Waals surface area contributed by atoms with Gasteiger partial charge in [-0.25, -0.2) is 15.0 Å². The average molecular weight is 331 g/mol. The summed E-state index contributed by atoms with van der Waals surface area (Å²) in [5.41, 5.74) is 7.66. The zero-order chi connectivity index (χ0) is 16.5. The molecule has 24 heavy (non-hydrogen) atoms. The normalized spacial score (nSPS) is 16.0. The predicted molar refractivity (Wildman–Crippen MR) is 90.1 cm³/mol. The fourth-order valence-corrected chi connectivity index (χ4v) is 3.07. The standard InChI is InChI=1S/C15H19N7O2/c16-14-18-10-8-12-11(7-9(10)13(23)21-14)19-15(20-12)17-1-2-22-3-5-24-6-4-22/h7-8H,1-6H2,(H2,17,19,20)(H3,16,18,21,23)/p+2. The molecule has 1 aliphatic heterocycles. The molecule has 9 heteroatoms. The summed E-state index contributed by atoms with van der Waals surface area (Å²) in [4.78, 5) is 26.7. The monoisotopic (exact) mass is 331 g/mol. The summed E-state index contributed by atoms with van der Waals surface area (Å²) in [6.45, 7) is 5.67. The molecular formula is C15H21N7O2+2. The number of quaternary nitrogens is 1. The van der Waals surface area contributed by atoms with Gasteiger partial charge in [0.1, 0.15) is 37.2 Å². The topological polar surface area (TPSA) is 127 Å². The van der Waals surface area contributed by atoms with Crippen LogP contribution in [0.25, 0.3) is 21.9 Å². The zero-order valence-electron chi connectivity index (χ0n) is 13.2. The quantitative estimate of drug-likeness (QED) is 0.383. The third kappa shape index (κ3) is 2.91. The number of anilines is 2. The van der Waals surface area contributed by atoms with Crippen molar-refractivity contribution in [2.45, 2.75) is 0 Å². The van der Waals surface area contributed by atoms with Crippen LogP contribution in [0.1, 0.15) is 0 Å². The van der Waals surface area contributed by atoms with Crippen molar-refractivity contribution in [1.29, 1.82) is 0 Å². The molecule has 4 rings (SSSR count). The van der Waals surface area contributed by atoms with Gasteiger partial charge in [0, 0.05) is 6.07 Å². The molecule has 0 unspecified atom stereocenters. The first-order chi connectivity index (χ1) is 11.7. The third-order valence-electron chi connectivity index (χ3n) is 4.36. The lowest BCUT2D eigenvalue weighted by molar-refractivity contribution is -0.906. The van der Waals surface area contributed by atoms with E-state index in [2.05, 4.69) is 25.3 Å². The van der Waals surface area contributed by atoms with Crippen molar-refractivity contribution in [3.8, 4) is 0 Å². The largest absolute Gasteiger partial charge is 0.370 e. The van der Waals surface area contributed by atoms with Gasteiger partial charge in [0.2, 0.25) is 5.95 Å². The van der Waals surface area contributed by atoms with Gasteiger partial charge in [0.15, 0.2) is 0 Å². The summed E-state index contributed by atoms with van der Waals surface area (Å²) in [6, 6.07) is 3.61. The highest BCUT2D eigenvalue weighted by atomic mass is 16.5. The van der Waals surface area contributed by atoms with Gasteiger partial charge in [0.05, 0.1) is 24.1 Å². The maximum atomic E-state index is 12.0. The van der Waals surface area contributed by atoms with Crippen LogP contribution in [0, 0.1) is 0 Å². The number of ether oxygens (including phenoxy) is 1. The van der Waals surface area contributed by atoms with Crippen molar-refractivity contribution in [3.05, 3.63) is 22.5 Å². The molecule has 9 nitrogen and oxygen atoms in total. The van der Waals surface area contributed by atoms with Gasteiger partial charge in [-0.15, -0.1) is 0 Å². The number of nitrogens with zero attached hydrogens (tertiary/aromatic N) is 1. The van der Waals surface area contributed by atoms with E-state index < -0.39 is 0 Å². The van der Waals surface area contributed by atoms with Crippen LogP contribution >= 0.6 is 0 Å². The minimum atomic E-state index is -0.237. The number of rotatable bonds is 4. The molecule has 1 fully saturated rings. The molecule has 7 N–H and O–H groups in total. The minimum Gasteiger partial charge on any atom is -0.370 e. The number of aromatic nitrogens is 4. The Kier molecular flexibility index (Phi) is 3.79. The summed E-state index contributed by atoms with van der Waals surface area (Å²) < 4.78 is 5.36. The molecule has 1 aromatic carbocycles. The number of benzene rings is 1. The highest BCUT2D eigenvalue weighted by Gasteiger charge is 2.16. The van der Waals surface area contributed by atoms with E-state index in [1.165, 1.54) is 0 Å². The Labute approximate surface area is 137 Å². The third-order valence-corrected chi connectivity index (χ3v) is 4.36. The lowest BCUT2D eigenvalue weighted by Gasteiger charge is -2.22. The number of morpholine rings is 1. The zero-order valence-corrected chi connectivity index (χ0v) is 13.2. The number of fused-ring (bicyclic) bond motifs is 2. The lowest BCUT2D eigenvalue weighted by Crippen LogP contribution is -3.14. The van der Waals surface area contributed by atoms with Crippen LogP contribution in [-0.4, -0.2) is 54.3 Å². The van der Waals surface area contributed by atoms with Gasteiger partial charge in [-0.3, -0.25) is 15.1 Å². The molecule has 1 saturated heterocycles. The molecule has 126 valence electrons. The Morgan fingerprint density at radius 2 is 2.17 bits per heavy atom. The Bertz CT molecular complexity index is 927. The van der Waals surface area contributed by atoms with Gasteiger partial charge in [-0.1, -0.05) is 0 Å². The van der Waals surface area contributed by atoms with E-state index in [0.29, 0.717) is 10.9 Å². The van der Waals surface area contributed by atoms with Crippen molar-refractivity contribution >= 4 is 33.8 Å². The number of imidazole rings is 1. The molecule has 3 aromatic rings. The molecule has 0 spiro atoms. The first-order valence-corrected chi connectivity index (χ1v) is 8.09.